The largest absolute Gasteiger partial charge is 0.444 e. The summed E-state index contributed by atoms with van der Waals surface area (Å²) in [4.78, 5) is 13.2. The molecule has 0 bridgehead atoms. The Hall–Kier alpha value is -0.800. The molecular formula is C11H20FNO2. The third kappa shape index (κ3) is 3.68. The SMILES string of the molecule is CC(C)(C)OC(=O)N(CCF)C1CCC1. The third-order valence-electron chi connectivity index (χ3n) is 2.47. The van der Waals surface area contributed by atoms with Crippen molar-refractivity contribution < 1.29 is 13.9 Å². The van der Waals surface area contributed by atoms with Crippen LogP contribution in [0.2, 0.25) is 0 Å². The first-order valence-corrected chi connectivity index (χ1v) is 5.49. The number of halogens is 1. The molecule has 0 aromatic heterocycles. The van der Waals surface area contributed by atoms with Crippen molar-refractivity contribution in [3.05, 3.63) is 0 Å². The Morgan fingerprint density at radius 3 is 2.40 bits per heavy atom. The van der Waals surface area contributed by atoms with E-state index < -0.39 is 12.3 Å². The summed E-state index contributed by atoms with van der Waals surface area (Å²) in [5, 5.41) is 0. The molecule has 1 aliphatic rings. The van der Waals surface area contributed by atoms with Crippen molar-refractivity contribution in [3.63, 3.8) is 0 Å². The van der Waals surface area contributed by atoms with E-state index in [0.717, 1.165) is 19.3 Å². The molecule has 15 heavy (non-hydrogen) atoms. The van der Waals surface area contributed by atoms with Gasteiger partial charge in [-0.05, 0) is 40.0 Å². The summed E-state index contributed by atoms with van der Waals surface area (Å²) in [6.45, 7) is 5.10. The molecule has 0 aromatic rings. The van der Waals surface area contributed by atoms with Crippen LogP contribution in [-0.2, 0) is 4.74 Å². The van der Waals surface area contributed by atoms with Crippen LogP contribution < -0.4 is 0 Å². The predicted octanol–water partition coefficient (Wildman–Crippen LogP) is 2.75. The zero-order valence-electron chi connectivity index (χ0n) is 9.75. The zero-order valence-corrected chi connectivity index (χ0v) is 9.75. The second-order valence-electron chi connectivity index (χ2n) is 4.95. The van der Waals surface area contributed by atoms with Crippen molar-refractivity contribution in [2.45, 2.75) is 51.7 Å². The molecule has 0 spiro atoms. The van der Waals surface area contributed by atoms with Crippen LogP contribution in [0.25, 0.3) is 0 Å². The summed E-state index contributed by atoms with van der Waals surface area (Å²) in [6.07, 6.45) is 2.68. The topological polar surface area (TPSA) is 29.5 Å². The van der Waals surface area contributed by atoms with Gasteiger partial charge in [-0.3, -0.25) is 0 Å². The number of nitrogens with zero attached hydrogens (tertiary/aromatic N) is 1. The van der Waals surface area contributed by atoms with E-state index >= 15 is 0 Å². The first-order chi connectivity index (χ1) is 6.94. The number of carbonyl (C=O) groups is 1. The molecule has 1 saturated carbocycles. The van der Waals surface area contributed by atoms with Crippen molar-refractivity contribution in [2.24, 2.45) is 0 Å². The number of alkyl halides is 1. The van der Waals surface area contributed by atoms with E-state index in [-0.39, 0.29) is 18.7 Å². The third-order valence-corrected chi connectivity index (χ3v) is 2.47. The average molecular weight is 217 g/mol. The van der Waals surface area contributed by atoms with Crippen LogP contribution in [0.1, 0.15) is 40.0 Å². The molecule has 0 radical (unpaired) electrons. The van der Waals surface area contributed by atoms with E-state index in [1.54, 1.807) is 0 Å². The van der Waals surface area contributed by atoms with Gasteiger partial charge in [0.1, 0.15) is 12.3 Å². The smallest absolute Gasteiger partial charge is 0.410 e. The molecule has 0 atom stereocenters. The van der Waals surface area contributed by atoms with Gasteiger partial charge in [-0.1, -0.05) is 0 Å². The van der Waals surface area contributed by atoms with Crippen molar-refractivity contribution >= 4 is 6.09 Å². The van der Waals surface area contributed by atoms with E-state index in [4.69, 9.17) is 4.74 Å². The summed E-state index contributed by atoms with van der Waals surface area (Å²) in [7, 11) is 0. The Labute approximate surface area is 90.6 Å². The van der Waals surface area contributed by atoms with Gasteiger partial charge in [0, 0.05) is 6.04 Å². The van der Waals surface area contributed by atoms with Gasteiger partial charge in [-0.2, -0.15) is 0 Å². The highest BCUT2D eigenvalue weighted by atomic mass is 19.1. The molecule has 88 valence electrons. The van der Waals surface area contributed by atoms with Crippen LogP contribution in [0.4, 0.5) is 9.18 Å². The molecule has 3 nitrogen and oxygen atoms in total. The Balaban J connectivity index is 2.50. The number of amides is 1. The highest BCUT2D eigenvalue weighted by Crippen LogP contribution is 2.26. The molecule has 0 unspecified atom stereocenters. The highest BCUT2D eigenvalue weighted by Gasteiger charge is 2.31. The van der Waals surface area contributed by atoms with Gasteiger partial charge in [0.25, 0.3) is 0 Å². The molecule has 1 aliphatic carbocycles. The Kier molecular flexibility index (Phi) is 3.94. The summed E-state index contributed by atoms with van der Waals surface area (Å²) >= 11 is 0. The Bertz CT molecular complexity index is 221. The van der Waals surface area contributed by atoms with E-state index in [0.29, 0.717) is 0 Å². The van der Waals surface area contributed by atoms with Gasteiger partial charge in [0.05, 0.1) is 6.54 Å². The van der Waals surface area contributed by atoms with Crippen molar-refractivity contribution in [1.82, 2.24) is 4.90 Å². The van der Waals surface area contributed by atoms with Gasteiger partial charge in [-0.25, -0.2) is 9.18 Å². The van der Waals surface area contributed by atoms with Crippen molar-refractivity contribution in [2.75, 3.05) is 13.2 Å². The van der Waals surface area contributed by atoms with Crippen LogP contribution in [0, 0.1) is 0 Å². The lowest BCUT2D eigenvalue weighted by molar-refractivity contribution is 0.00566. The number of hydrogen-bond acceptors (Lipinski definition) is 2. The van der Waals surface area contributed by atoms with E-state index in [1.807, 2.05) is 20.8 Å². The molecule has 0 aliphatic heterocycles. The monoisotopic (exact) mass is 217 g/mol. The fourth-order valence-corrected chi connectivity index (χ4v) is 1.53. The number of rotatable bonds is 3. The standard InChI is InChI=1S/C11H20FNO2/c1-11(2,3)15-10(14)13(8-7-12)9-5-4-6-9/h9H,4-8H2,1-3H3. The maximum Gasteiger partial charge on any atom is 0.410 e. The first-order valence-electron chi connectivity index (χ1n) is 5.49. The number of hydrogen-bond donors (Lipinski definition) is 0. The molecule has 1 rings (SSSR count). The summed E-state index contributed by atoms with van der Waals surface area (Å²) < 4.78 is 17.5. The summed E-state index contributed by atoms with van der Waals surface area (Å²) in [5.74, 6) is 0. The van der Waals surface area contributed by atoms with Gasteiger partial charge in [-0.15, -0.1) is 0 Å². The van der Waals surface area contributed by atoms with Gasteiger partial charge in [0.15, 0.2) is 0 Å². The van der Waals surface area contributed by atoms with Gasteiger partial charge >= 0.3 is 6.09 Å². The van der Waals surface area contributed by atoms with E-state index in [1.165, 1.54) is 4.90 Å². The number of carbonyl (C=O) groups excluding carboxylic acids is 1. The number of ether oxygens (including phenoxy) is 1. The lowest BCUT2D eigenvalue weighted by atomic mass is 9.92. The van der Waals surface area contributed by atoms with E-state index in [2.05, 4.69) is 0 Å². The van der Waals surface area contributed by atoms with Crippen molar-refractivity contribution in [3.8, 4) is 0 Å². The van der Waals surface area contributed by atoms with E-state index in [9.17, 15) is 9.18 Å². The molecule has 0 saturated heterocycles. The predicted molar refractivity (Wildman–Crippen MR) is 56.6 cm³/mol. The maximum absolute atomic E-state index is 12.3. The van der Waals surface area contributed by atoms with Gasteiger partial charge in [0.2, 0.25) is 0 Å². The Morgan fingerprint density at radius 2 is 2.07 bits per heavy atom. The first kappa shape index (κ1) is 12.3. The van der Waals surface area contributed by atoms with Crippen LogP contribution in [-0.4, -0.2) is 35.9 Å². The second-order valence-corrected chi connectivity index (χ2v) is 4.95. The Morgan fingerprint density at radius 1 is 1.47 bits per heavy atom. The minimum Gasteiger partial charge on any atom is -0.444 e. The molecule has 1 amide bonds. The van der Waals surface area contributed by atoms with Crippen LogP contribution in [0.5, 0.6) is 0 Å². The minimum atomic E-state index is -0.505. The van der Waals surface area contributed by atoms with Crippen LogP contribution in [0.15, 0.2) is 0 Å². The lowest BCUT2D eigenvalue weighted by Gasteiger charge is -2.37. The average Bonchev–Trinajstić information content (AvgIpc) is 1.96. The van der Waals surface area contributed by atoms with Gasteiger partial charge < -0.3 is 9.64 Å². The fraction of sp³-hybridized carbons (Fsp3) is 0.909. The molecule has 4 heteroatoms. The second kappa shape index (κ2) is 4.81. The quantitative estimate of drug-likeness (QED) is 0.727. The molecular weight excluding hydrogens is 197 g/mol. The molecule has 0 heterocycles. The summed E-state index contributed by atoms with van der Waals surface area (Å²) in [6, 6.07) is 0.190. The molecule has 0 N–H and O–H groups in total. The zero-order chi connectivity index (χ0) is 11.5. The highest BCUT2D eigenvalue weighted by molar-refractivity contribution is 5.68. The van der Waals surface area contributed by atoms with Crippen LogP contribution in [0.3, 0.4) is 0 Å². The van der Waals surface area contributed by atoms with Crippen LogP contribution >= 0.6 is 0 Å². The molecule has 0 aromatic carbocycles. The lowest BCUT2D eigenvalue weighted by Crippen LogP contribution is -2.47. The normalized spacial score (nSPS) is 17.1. The molecule has 1 fully saturated rings. The minimum absolute atomic E-state index is 0.152. The maximum atomic E-state index is 12.3. The summed E-state index contributed by atoms with van der Waals surface area (Å²) in [5.41, 5.74) is -0.505. The van der Waals surface area contributed by atoms with Crippen molar-refractivity contribution in [1.29, 1.82) is 0 Å². The fourth-order valence-electron chi connectivity index (χ4n) is 1.53.